The second kappa shape index (κ2) is 8.54. The molecule has 0 unspecified atom stereocenters. The van der Waals surface area contributed by atoms with Gasteiger partial charge in [-0.25, -0.2) is 4.79 Å². The number of carboxylic acid groups (broad SMARTS) is 1. The summed E-state index contributed by atoms with van der Waals surface area (Å²) in [6.07, 6.45) is -0.811. The predicted molar refractivity (Wildman–Crippen MR) is 95.3 cm³/mol. The van der Waals surface area contributed by atoms with E-state index in [0.717, 1.165) is 0 Å². The summed E-state index contributed by atoms with van der Waals surface area (Å²) in [7, 11) is 0. The predicted octanol–water partition coefficient (Wildman–Crippen LogP) is 2.89. The number of carbonyl (C=O) groups is 2. The number of benzene rings is 1. The average molecular weight is 399 g/mol. The minimum absolute atomic E-state index is 0.0980. The van der Waals surface area contributed by atoms with Crippen LogP contribution < -0.4 is 16.0 Å². The summed E-state index contributed by atoms with van der Waals surface area (Å²) in [6.45, 7) is 1.66. The van der Waals surface area contributed by atoms with Gasteiger partial charge in [0.15, 0.2) is 5.11 Å². The van der Waals surface area contributed by atoms with E-state index in [2.05, 4.69) is 16.0 Å². The molecule has 10 heteroatoms. The Bertz CT molecular complexity index is 590. The van der Waals surface area contributed by atoms with Crippen LogP contribution >= 0.6 is 47.0 Å². The van der Waals surface area contributed by atoms with Gasteiger partial charge in [0.2, 0.25) is 9.70 Å². The fourth-order valence-corrected chi connectivity index (χ4v) is 2.02. The van der Waals surface area contributed by atoms with Crippen LogP contribution in [0.2, 0.25) is 0 Å². The Balaban J connectivity index is 2.71. The van der Waals surface area contributed by atoms with E-state index < -0.39 is 15.9 Å². The quantitative estimate of drug-likeness (QED) is 0.346. The molecule has 23 heavy (non-hydrogen) atoms. The van der Waals surface area contributed by atoms with Crippen molar-refractivity contribution in [2.45, 2.75) is 23.3 Å². The fraction of sp³-hybridized carbons (Fsp3) is 0.308. The van der Waals surface area contributed by atoms with Crippen LogP contribution in [0, 0.1) is 0 Å². The maximum absolute atomic E-state index is 11.5. The van der Waals surface area contributed by atoms with Gasteiger partial charge in [-0.1, -0.05) is 41.7 Å². The van der Waals surface area contributed by atoms with Crippen LogP contribution in [0.4, 0.5) is 5.69 Å². The SMILES string of the molecule is CCC(=O)N[C@@H](NC(=S)Nc1ccc(C(=O)O)cc1)C(Cl)(Cl)Cl. The van der Waals surface area contributed by atoms with Crippen LogP contribution in [0.15, 0.2) is 24.3 Å². The van der Waals surface area contributed by atoms with Crippen LogP contribution in [0.3, 0.4) is 0 Å². The second-order valence-electron chi connectivity index (χ2n) is 4.38. The molecule has 1 aromatic rings. The molecule has 0 saturated carbocycles. The number of hydrogen-bond donors (Lipinski definition) is 4. The summed E-state index contributed by atoms with van der Waals surface area (Å²) in [6, 6.07) is 5.90. The maximum atomic E-state index is 11.5. The molecule has 1 atom stereocenters. The topological polar surface area (TPSA) is 90.5 Å². The van der Waals surface area contributed by atoms with Gasteiger partial charge in [0.1, 0.15) is 6.17 Å². The molecule has 0 aliphatic heterocycles. The molecule has 0 aliphatic carbocycles. The third-order valence-corrected chi connectivity index (χ3v) is 3.49. The number of halogens is 3. The smallest absolute Gasteiger partial charge is 0.335 e. The van der Waals surface area contributed by atoms with Gasteiger partial charge in [-0.2, -0.15) is 0 Å². The zero-order valence-corrected chi connectivity index (χ0v) is 15.0. The molecule has 0 heterocycles. The number of anilines is 1. The highest BCUT2D eigenvalue weighted by molar-refractivity contribution is 7.80. The van der Waals surface area contributed by atoms with E-state index in [1.54, 1.807) is 6.92 Å². The van der Waals surface area contributed by atoms with Crippen molar-refractivity contribution in [1.82, 2.24) is 10.6 Å². The van der Waals surface area contributed by atoms with Crippen molar-refractivity contribution in [2.75, 3.05) is 5.32 Å². The van der Waals surface area contributed by atoms with Gasteiger partial charge in [0, 0.05) is 12.1 Å². The molecule has 0 saturated heterocycles. The van der Waals surface area contributed by atoms with Crippen LogP contribution in [0.5, 0.6) is 0 Å². The summed E-state index contributed by atoms with van der Waals surface area (Å²) in [5.41, 5.74) is 0.682. The van der Waals surface area contributed by atoms with Crippen molar-refractivity contribution in [3.63, 3.8) is 0 Å². The van der Waals surface area contributed by atoms with E-state index in [0.29, 0.717) is 5.69 Å². The Labute approximate surface area is 153 Å². The van der Waals surface area contributed by atoms with Gasteiger partial charge in [0.25, 0.3) is 0 Å². The van der Waals surface area contributed by atoms with Gasteiger partial charge in [-0.05, 0) is 36.5 Å². The number of rotatable bonds is 5. The Morgan fingerprint density at radius 3 is 2.22 bits per heavy atom. The number of amides is 1. The van der Waals surface area contributed by atoms with E-state index in [4.69, 9.17) is 52.1 Å². The molecule has 0 radical (unpaired) electrons. The first kappa shape index (κ1) is 19.8. The molecule has 1 rings (SSSR count). The van der Waals surface area contributed by atoms with Crippen molar-refractivity contribution in [1.29, 1.82) is 0 Å². The highest BCUT2D eigenvalue weighted by Crippen LogP contribution is 2.29. The van der Waals surface area contributed by atoms with Gasteiger partial charge in [-0.15, -0.1) is 0 Å². The average Bonchev–Trinajstić information content (AvgIpc) is 2.45. The molecule has 4 N–H and O–H groups in total. The number of carboxylic acids is 1. The highest BCUT2D eigenvalue weighted by Gasteiger charge is 2.34. The molecule has 0 aromatic heterocycles. The lowest BCUT2D eigenvalue weighted by Crippen LogP contribution is -2.56. The Hall–Kier alpha value is -1.28. The van der Waals surface area contributed by atoms with Crippen molar-refractivity contribution in [3.05, 3.63) is 29.8 Å². The zero-order valence-electron chi connectivity index (χ0n) is 11.9. The molecular formula is C13H14Cl3N3O3S. The lowest BCUT2D eigenvalue weighted by atomic mass is 10.2. The fourth-order valence-electron chi connectivity index (χ4n) is 1.46. The van der Waals surface area contributed by atoms with Crippen LogP contribution in [0.1, 0.15) is 23.7 Å². The standard InChI is InChI=1S/C13H14Cl3N3O3S/c1-2-9(20)18-11(13(14,15)16)19-12(23)17-8-5-3-7(4-6-8)10(21)22/h3-6,11H,2H2,1H3,(H,18,20)(H,21,22)(H2,17,19,23)/t11-/m0/s1. The molecule has 0 bridgehead atoms. The number of carbonyl (C=O) groups excluding carboxylic acids is 1. The van der Waals surface area contributed by atoms with E-state index >= 15 is 0 Å². The molecule has 126 valence electrons. The molecule has 0 fully saturated rings. The molecule has 1 amide bonds. The minimum atomic E-state index is -1.82. The van der Waals surface area contributed by atoms with Crippen molar-refractivity contribution in [3.8, 4) is 0 Å². The lowest BCUT2D eigenvalue weighted by molar-refractivity contribution is -0.121. The number of hydrogen-bond acceptors (Lipinski definition) is 3. The van der Waals surface area contributed by atoms with Crippen LogP contribution in [0.25, 0.3) is 0 Å². The second-order valence-corrected chi connectivity index (χ2v) is 7.15. The van der Waals surface area contributed by atoms with E-state index in [1.807, 2.05) is 0 Å². The third-order valence-electron chi connectivity index (χ3n) is 2.62. The number of nitrogens with one attached hydrogen (secondary N) is 3. The maximum Gasteiger partial charge on any atom is 0.335 e. The van der Waals surface area contributed by atoms with E-state index in [-0.39, 0.29) is 23.0 Å². The molecular weight excluding hydrogens is 385 g/mol. The number of thiocarbonyl (C=S) groups is 1. The van der Waals surface area contributed by atoms with Gasteiger partial charge >= 0.3 is 5.97 Å². The van der Waals surface area contributed by atoms with Crippen LogP contribution in [-0.2, 0) is 4.79 Å². The third kappa shape index (κ3) is 6.78. The summed E-state index contributed by atoms with van der Waals surface area (Å²) in [5.74, 6) is -1.35. The van der Waals surface area contributed by atoms with Crippen LogP contribution in [-0.4, -0.2) is 32.1 Å². The zero-order chi connectivity index (χ0) is 17.6. The summed E-state index contributed by atoms with van der Waals surface area (Å²) in [5, 5.41) is 16.9. The molecule has 0 spiro atoms. The number of alkyl halides is 3. The van der Waals surface area contributed by atoms with Crippen molar-refractivity contribution >= 4 is 69.7 Å². The van der Waals surface area contributed by atoms with E-state index in [9.17, 15) is 9.59 Å². The number of aromatic carboxylic acids is 1. The normalized spacial score (nSPS) is 12.2. The van der Waals surface area contributed by atoms with Crippen molar-refractivity contribution in [2.24, 2.45) is 0 Å². The first-order valence-corrected chi connectivity index (χ1v) is 7.94. The summed E-state index contributed by atoms with van der Waals surface area (Å²) >= 11 is 22.5. The molecule has 1 aromatic carbocycles. The van der Waals surface area contributed by atoms with E-state index in [1.165, 1.54) is 24.3 Å². The Morgan fingerprint density at radius 2 is 1.78 bits per heavy atom. The van der Waals surface area contributed by atoms with Gasteiger partial charge in [-0.3, -0.25) is 4.79 Å². The minimum Gasteiger partial charge on any atom is -0.478 e. The Morgan fingerprint density at radius 1 is 1.22 bits per heavy atom. The highest BCUT2D eigenvalue weighted by atomic mass is 35.6. The van der Waals surface area contributed by atoms with Gasteiger partial charge in [0.05, 0.1) is 5.56 Å². The first-order valence-electron chi connectivity index (χ1n) is 6.40. The van der Waals surface area contributed by atoms with Gasteiger partial charge < -0.3 is 21.1 Å². The van der Waals surface area contributed by atoms with Crippen molar-refractivity contribution < 1.29 is 14.7 Å². The summed E-state index contributed by atoms with van der Waals surface area (Å²) < 4.78 is -1.82. The monoisotopic (exact) mass is 397 g/mol. The molecule has 6 nitrogen and oxygen atoms in total. The largest absolute Gasteiger partial charge is 0.478 e. The first-order chi connectivity index (χ1) is 10.6. The summed E-state index contributed by atoms with van der Waals surface area (Å²) in [4.78, 5) is 22.2. The molecule has 0 aliphatic rings. The lowest BCUT2D eigenvalue weighted by Gasteiger charge is -2.27. The Kier molecular flexibility index (Phi) is 7.34.